The van der Waals surface area contributed by atoms with E-state index in [-0.39, 0.29) is 11.7 Å². The van der Waals surface area contributed by atoms with Gasteiger partial charge in [-0.1, -0.05) is 25.8 Å². The van der Waals surface area contributed by atoms with Gasteiger partial charge in [0.15, 0.2) is 5.60 Å². The molecule has 1 rings (SSSR count). The smallest absolute Gasteiger partial charge is 0.159 e. The maximum Gasteiger partial charge on any atom is 0.159 e. The Morgan fingerprint density at radius 3 is 2.75 bits per heavy atom. The van der Waals surface area contributed by atoms with E-state index < -0.39 is 0 Å². The molecule has 1 aliphatic heterocycles. The Morgan fingerprint density at radius 2 is 2.42 bits per heavy atom. The fourth-order valence-electron chi connectivity index (χ4n) is 1.49. The molecule has 12 heavy (non-hydrogen) atoms. The van der Waals surface area contributed by atoms with Crippen LogP contribution in [-0.4, -0.2) is 11.7 Å². The van der Waals surface area contributed by atoms with Crippen LogP contribution < -0.4 is 0 Å². The van der Waals surface area contributed by atoms with E-state index in [1.807, 2.05) is 6.92 Å². The van der Waals surface area contributed by atoms with E-state index >= 15 is 0 Å². The molecular formula is C11H16O. The van der Waals surface area contributed by atoms with Crippen molar-refractivity contribution < 1.29 is 4.74 Å². The molecule has 0 spiro atoms. The first-order chi connectivity index (χ1) is 5.66. The van der Waals surface area contributed by atoms with Crippen LogP contribution in [-0.2, 0) is 4.74 Å². The number of hydrogen-bond acceptors (Lipinski definition) is 1. The minimum atomic E-state index is -0.290. The Morgan fingerprint density at radius 1 is 1.75 bits per heavy atom. The Labute approximate surface area is 74.8 Å². The number of ether oxygens (including phenoxy) is 1. The van der Waals surface area contributed by atoms with Gasteiger partial charge in [0, 0.05) is 0 Å². The van der Waals surface area contributed by atoms with Crippen LogP contribution in [0.5, 0.6) is 0 Å². The van der Waals surface area contributed by atoms with Gasteiger partial charge in [-0.2, -0.15) is 0 Å². The van der Waals surface area contributed by atoms with Crippen LogP contribution >= 0.6 is 0 Å². The van der Waals surface area contributed by atoms with E-state index in [1.54, 1.807) is 0 Å². The van der Waals surface area contributed by atoms with Crippen LogP contribution in [0, 0.1) is 12.3 Å². The second-order valence-corrected chi connectivity index (χ2v) is 3.48. The SMILES string of the molecule is C#CC1(CCCC)OC1C(=C)C. The minimum Gasteiger partial charge on any atom is -0.348 e. The molecule has 1 nitrogen and oxygen atoms in total. The summed E-state index contributed by atoms with van der Waals surface area (Å²) in [5, 5.41) is 0. The van der Waals surface area contributed by atoms with Gasteiger partial charge in [0.1, 0.15) is 6.10 Å². The second kappa shape index (κ2) is 3.33. The van der Waals surface area contributed by atoms with E-state index in [4.69, 9.17) is 11.2 Å². The van der Waals surface area contributed by atoms with E-state index in [9.17, 15) is 0 Å². The predicted octanol–water partition coefficient (Wildman–Crippen LogP) is 2.52. The maximum atomic E-state index is 5.48. The van der Waals surface area contributed by atoms with Gasteiger partial charge in [-0.15, -0.1) is 6.42 Å². The largest absolute Gasteiger partial charge is 0.348 e. The van der Waals surface area contributed by atoms with Crippen LogP contribution in [0.1, 0.15) is 33.1 Å². The molecule has 0 aromatic carbocycles. The average molecular weight is 164 g/mol. The number of rotatable bonds is 4. The third kappa shape index (κ3) is 1.54. The van der Waals surface area contributed by atoms with Crippen LogP contribution in [0.15, 0.2) is 12.2 Å². The van der Waals surface area contributed by atoms with Crippen LogP contribution in [0.3, 0.4) is 0 Å². The molecule has 0 aromatic rings. The highest BCUT2D eigenvalue weighted by Crippen LogP contribution is 2.43. The maximum absolute atomic E-state index is 5.48. The summed E-state index contributed by atoms with van der Waals surface area (Å²) in [4.78, 5) is 0. The van der Waals surface area contributed by atoms with Gasteiger partial charge in [0.25, 0.3) is 0 Å². The van der Waals surface area contributed by atoms with Gasteiger partial charge in [0.2, 0.25) is 0 Å². The summed E-state index contributed by atoms with van der Waals surface area (Å²) in [6.07, 6.45) is 8.81. The molecule has 1 saturated heterocycles. The monoisotopic (exact) mass is 164 g/mol. The molecule has 1 aliphatic rings. The summed E-state index contributed by atoms with van der Waals surface area (Å²) in [5.74, 6) is 2.74. The molecule has 0 aromatic heterocycles. The van der Waals surface area contributed by atoms with Crippen molar-refractivity contribution in [2.24, 2.45) is 0 Å². The highest BCUT2D eigenvalue weighted by Gasteiger charge is 2.54. The fourth-order valence-corrected chi connectivity index (χ4v) is 1.49. The lowest BCUT2D eigenvalue weighted by Crippen LogP contribution is -2.12. The summed E-state index contributed by atoms with van der Waals surface area (Å²) in [7, 11) is 0. The van der Waals surface area contributed by atoms with E-state index in [0.29, 0.717) is 0 Å². The summed E-state index contributed by atoms with van der Waals surface area (Å²) in [6, 6.07) is 0. The van der Waals surface area contributed by atoms with Gasteiger partial charge < -0.3 is 4.74 Å². The Bertz CT molecular complexity index is 224. The topological polar surface area (TPSA) is 12.5 Å². The van der Waals surface area contributed by atoms with Crippen molar-refractivity contribution >= 4 is 0 Å². The van der Waals surface area contributed by atoms with Gasteiger partial charge in [-0.05, 0) is 25.3 Å². The minimum absolute atomic E-state index is 0.119. The molecular weight excluding hydrogens is 148 g/mol. The van der Waals surface area contributed by atoms with Crippen molar-refractivity contribution in [2.75, 3.05) is 0 Å². The molecule has 0 aliphatic carbocycles. The summed E-state index contributed by atoms with van der Waals surface area (Å²) < 4.78 is 5.48. The van der Waals surface area contributed by atoms with Crippen molar-refractivity contribution in [3.8, 4) is 12.3 Å². The van der Waals surface area contributed by atoms with E-state index in [0.717, 1.165) is 24.8 Å². The Balaban J connectivity index is 2.49. The highest BCUT2D eigenvalue weighted by molar-refractivity contribution is 5.30. The van der Waals surface area contributed by atoms with Crippen molar-refractivity contribution in [3.63, 3.8) is 0 Å². The Hall–Kier alpha value is -0.740. The molecule has 2 atom stereocenters. The van der Waals surface area contributed by atoms with Crippen LogP contribution in [0.4, 0.5) is 0 Å². The Kier molecular flexibility index (Phi) is 2.59. The van der Waals surface area contributed by atoms with Gasteiger partial charge in [0.05, 0.1) is 0 Å². The first kappa shape index (κ1) is 9.35. The zero-order chi connectivity index (χ0) is 9.19. The third-order valence-corrected chi connectivity index (χ3v) is 2.29. The number of epoxide rings is 1. The van der Waals surface area contributed by atoms with Crippen molar-refractivity contribution in [1.82, 2.24) is 0 Å². The fraction of sp³-hybridized carbons (Fsp3) is 0.636. The lowest BCUT2D eigenvalue weighted by atomic mass is 9.96. The molecule has 1 fully saturated rings. The van der Waals surface area contributed by atoms with Gasteiger partial charge in [-0.3, -0.25) is 0 Å². The first-order valence-electron chi connectivity index (χ1n) is 4.47. The van der Waals surface area contributed by atoms with Crippen LogP contribution in [0.2, 0.25) is 0 Å². The summed E-state index contributed by atoms with van der Waals surface area (Å²) >= 11 is 0. The third-order valence-electron chi connectivity index (χ3n) is 2.29. The van der Waals surface area contributed by atoms with Crippen LogP contribution in [0.25, 0.3) is 0 Å². The number of terminal acetylenes is 1. The summed E-state index contributed by atoms with van der Waals surface area (Å²) in [5.41, 5.74) is 0.756. The van der Waals surface area contributed by atoms with E-state index in [1.165, 1.54) is 0 Å². The van der Waals surface area contributed by atoms with Gasteiger partial charge >= 0.3 is 0 Å². The van der Waals surface area contributed by atoms with E-state index in [2.05, 4.69) is 19.4 Å². The average Bonchev–Trinajstić information content (AvgIpc) is 2.77. The molecule has 1 heteroatoms. The second-order valence-electron chi connectivity index (χ2n) is 3.48. The molecule has 0 N–H and O–H groups in total. The van der Waals surface area contributed by atoms with Crippen molar-refractivity contribution in [3.05, 3.63) is 12.2 Å². The highest BCUT2D eigenvalue weighted by atomic mass is 16.6. The standard InChI is InChI=1S/C11H16O/c1-5-7-8-11(6-2)10(12-11)9(3)4/h2,10H,3,5,7-8H2,1,4H3. The predicted molar refractivity (Wildman–Crippen MR) is 50.8 cm³/mol. The quantitative estimate of drug-likeness (QED) is 0.353. The normalized spacial score (nSPS) is 32.6. The molecule has 0 amide bonds. The molecule has 2 unspecified atom stereocenters. The lowest BCUT2D eigenvalue weighted by molar-refractivity contribution is 0.328. The molecule has 0 saturated carbocycles. The zero-order valence-corrected chi connectivity index (χ0v) is 7.89. The van der Waals surface area contributed by atoms with Crippen molar-refractivity contribution in [1.29, 1.82) is 0 Å². The zero-order valence-electron chi connectivity index (χ0n) is 7.89. The molecule has 0 radical (unpaired) electrons. The molecule has 0 bridgehead atoms. The van der Waals surface area contributed by atoms with Gasteiger partial charge in [-0.25, -0.2) is 0 Å². The summed E-state index contributed by atoms with van der Waals surface area (Å²) in [6.45, 7) is 7.97. The van der Waals surface area contributed by atoms with Crippen molar-refractivity contribution in [2.45, 2.75) is 44.8 Å². The number of unbranched alkanes of at least 4 members (excludes halogenated alkanes) is 1. The molecule has 1 heterocycles. The number of hydrogen-bond donors (Lipinski definition) is 0. The lowest BCUT2D eigenvalue weighted by Gasteiger charge is -2.03. The molecule has 66 valence electrons. The first-order valence-corrected chi connectivity index (χ1v) is 4.47.